The van der Waals surface area contributed by atoms with Crippen LogP contribution in [0.1, 0.15) is 44.2 Å². The molecule has 38 heavy (non-hydrogen) atoms. The second-order valence-electron chi connectivity index (χ2n) is 12.0. The van der Waals surface area contributed by atoms with Crippen LogP contribution in [0.5, 0.6) is 0 Å². The first-order chi connectivity index (χ1) is 17.8. The fourth-order valence-corrected chi connectivity index (χ4v) is 5.33. The van der Waals surface area contributed by atoms with Crippen molar-refractivity contribution in [2.45, 2.75) is 71.6 Å². The fraction of sp³-hybridized carbons (Fsp3) is 0.593. The minimum atomic E-state index is -1.19. The summed E-state index contributed by atoms with van der Waals surface area (Å²) in [5.74, 6) is 0.395. The first-order valence-corrected chi connectivity index (χ1v) is 17.7. The monoisotopic (exact) mass is 607 g/mol. The van der Waals surface area contributed by atoms with Crippen molar-refractivity contribution in [3.8, 4) is 0 Å². The third-order valence-electron chi connectivity index (χ3n) is 6.22. The van der Waals surface area contributed by atoms with Gasteiger partial charge in [0.25, 0.3) is 5.91 Å². The summed E-state index contributed by atoms with van der Waals surface area (Å²) in [5.41, 5.74) is 1.21. The molecule has 2 N–H and O–H groups in total. The zero-order valence-electron chi connectivity index (χ0n) is 23.5. The van der Waals surface area contributed by atoms with Crippen molar-refractivity contribution in [3.05, 3.63) is 40.9 Å². The number of nitrogens with zero attached hydrogens (tertiary/aromatic N) is 3. The molecule has 1 aliphatic rings. The van der Waals surface area contributed by atoms with Crippen LogP contribution >= 0.6 is 15.9 Å². The number of ether oxygens (including phenoxy) is 2. The molecule has 1 aromatic heterocycles. The van der Waals surface area contributed by atoms with Gasteiger partial charge in [0, 0.05) is 40.5 Å². The lowest BCUT2D eigenvalue weighted by molar-refractivity contribution is 0.0516. The average molecular weight is 609 g/mol. The van der Waals surface area contributed by atoms with Crippen molar-refractivity contribution >= 4 is 47.4 Å². The Morgan fingerprint density at radius 1 is 1.16 bits per heavy atom. The predicted molar refractivity (Wildman–Crippen MR) is 158 cm³/mol. The predicted octanol–water partition coefficient (Wildman–Crippen LogP) is 5.95. The number of imidazole rings is 1. The molecule has 11 heteroatoms. The summed E-state index contributed by atoms with van der Waals surface area (Å²) in [4.78, 5) is 31.9. The number of piperidine rings is 1. The third-order valence-corrected chi connectivity index (χ3v) is 8.30. The molecule has 3 rings (SSSR count). The van der Waals surface area contributed by atoms with Gasteiger partial charge < -0.3 is 29.6 Å². The smallest absolute Gasteiger partial charge is 0.407 e. The van der Waals surface area contributed by atoms with E-state index in [1.165, 1.54) is 0 Å². The van der Waals surface area contributed by atoms with E-state index < -0.39 is 13.7 Å². The Labute approximate surface area is 235 Å². The molecule has 1 fully saturated rings. The van der Waals surface area contributed by atoms with E-state index in [0.29, 0.717) is 29.5 Å². The minimum Gasteiger partial charge on any atom is -0.444 e. The van der Waals surface area contributed by atoms with Gasteiger partial charge in [0.05, 0.1) is 11.4 Å². The van der Waals surface area contributed by atoms with Crippen LogP contribution < -0.4 is 15.5 Å². The maximum absolute atomic E-state index is 13.2. The van der Waals surface area contributed by atoms with E-state index in [1.807, 2.05) is 45.0 Å². The van der Waals surface area contributed by atoms with Crippen molar-refractivity contribution < 1.29 is 19.1 Å². The van der Waals surface area contributed by atoms with Gasteiger partial charge in [-0.05, 0) is 73.6 Å². The molecule has 0 spiro atoms. The van der Waals surface area contributed by atoms with E-state index >= 15 is 0 Å². The van der Waals surface area contributed by atoms with Gasteiger partial charge in [-0.15, -0.1) is 0 Å². The van der Waals surface area contributed by atoms with E-state index in [4.69, 9.17) is 9.47 Å². The Kier molecular flexibility index (Phi) is 10.4. The summed E-state index contributed by atoms with van der Waals surface area (Å²) >= 11 is 3.39. The highest BCUT2D eigenvalue weighted by atomic mass is 79.9. The van der Waals surface area contributed by atoms with Crippen molar-refractivity contribution in [2.75, 3.05) is 36.5 Å². The summed E-state index contributed by atoms with van der Waals surface area (Å²) in [5, 5.41) is 5.95. The van der Waals surface area contributed by atoms with Crippen LogP contribution in [0, 0.1) is 5.92 Å². The summed E-state index contributed by atoms with van der Waals surface area (Å²) < 4.78 is 13.5. The third kappa shape index (κ3) is 9.74. The molecule has 2 heterocycles. The number of alkyl carbamates (subject to hydrolysis) is 1. The fourth-order valence-electron chi connectivity index (χ4n) is 4.16. The Morgan fingerprint density at radius 3 is 2.50 bits per heavy atom. The molecule has 0 aliphatic carbocycles. The summed E-state index contributed by atoms with van der Waals surface area (Å²) in [7, 11) is -1.19. The summed E-state index contributed by atoms with van der Waals surface area (Å²) in [6.45, 7) is 15.7. The number of hydrogen-bond donors (Lipinski definition) is 2. The van der Waals surface area contributed by atoms with Crippen LogP contribution in [-0.2, 0) is 16.2 Å². The molecule has 1 aromatic carbocycles. The van der Waals surface area contributed by atoms with Gasteiger partial charge in [-0.1, -0.05) is 31.8 Å². The molecule has 0 saturated carbocycles. The van der Waals surface area contributed by atoms with Crippen LogP contribution in [0.4, 0.5) is 16.2 Å². The van der Waals surface area contributed by atoms with Gasteiger partial charge in [0.15, 0.2) is 0 Å². The van der Waals surface area contributed by atoms with E-state index in [-0.39, 0.29) is 18.7 Å². The largest absolute Gasteiger partial charge is 0.444 e. The number of amides is 2. The number of hydrogen-bond acceptors (Lipinski definition) is 6. The first-order valence-electron chi connectivity index (χ1n) is 13.2. The Bertz CT molecular complexity index is 1090. The quantitative estimate of drug-likeness (QED) is 0.256. The topological polar surface area (TPSA) is 97.7 Å². The second-order valence-corrected chi connectivity index (χ2v) is 18.4. The molecule has 2 aromatic rings. The zero-order valence-corrected chi connectivity index (χ0v) is 26.1. The molecule has 9 nitrogen and oxygen atoms in total. The standard InChI is InChI=1S/C27H42BrN5O4Si/c1-27(2,3)37-26(35)29-17-20-11-13-32(14-12-20)22-10-8-7-9-21(22)30-25(34)24-31-23(28)18-33(24)19-36-15-16-38(4,5)6/h7-10,18,20H,11-17,19H2,1-6H3,(H,29,35)(H,30,34). The van der Waals surface area contributed by atoms with Crippen molar-refractivity contribution in [1.82, 2.24) is 14.9 Å². The van der Waals surface area contributed by atoms with E-state index in [2.05, 4.69) is 56.1 Å². The maximum atomic E-state index is 13.2. The van der Waals surface area contributed by atoms with Gasteiger partial charge in [-0.2, -0.15) is 0 Å². The molecule has 0 atom stereocenters. The number of carbonyl (C=O) groups excluding carboxylic acids is 2. The number of para-hydroxylation sites is 2. The molecular formula is C27H42BrN5O4Si. The van der Waals surface area contributed by atoms with Gasteiger partial charge in [-0.25, -0.2) is 9.78 Å². The van der Waals surface area contributed by atoms with Gasteiger partial charge in [0.1, 0.15) is 16.9 Å². The van der Waals surface area contributed by atoms with Crippen LogP contribution in [-0.4, -0.2) is 61.5 Å². The lowest BCUT2D eigenvalue weighted by Crippen LogP contribution is -2.40. The van der Waals surface area contributed by atoms with E-state index in [0.717, 1.165) is 43.4 Å². The summed E-state index contributed by atoms with van der Waals surface area (Å²) in [6, 6.07) is 8.89. The van der Waals surface area contributed by atoms with E-state index in [1.54, 1.807) is 10.8 Å². The first kappa shape index (κ1) is 30.2. The Balaban J connectivity index is 1.57. The van der Waals surface area contributed by atoms with Gasteiger partial charge >= 0.3 is 6.09 Å². The highest BCUT2D eigenvalue weighted by Gasteiger charge is 2.24. The van der Waals surface area contributed by atoms with Gasteiger partial charge in [0.2, 0.25) is 5.82 Å². The number of rotatable bonds is 10. The SMILES string of the molecule is CC(C)(C)OC(=O)NCC1CCN(c2ccccc2NC(=O)c2nc(Br)cn2COCC[Si](C)(C)C)CC1. The van der Waals surface area contributed by atoms with Crippen LogP contribution in [0.3, 0.4) is 0 Å². The number of anilines is 2. The number of aromatic nitrogens is 2. The maximum Gasteiger partial charge on any atom is 0.407 e. The van der Waals surface area contributed by atoms with Crippen molar-refractivity contribution in [2.24, 2.45) is 5.92 Å². The van der Waals surface area contributed by atoms with Crippen molar-refractivity contribution in [3.63, 3.8) is 0 Å². The highest BCUT2D eigenvalue weighted by molar-refractivity contribution is 9.10. The Morgan fingerprint density at radius 2 is 1.84 bits per heavy atom. The Hall–Kier alpha value is -2.37. The highest BCUT2D eigenvalue weighted by Crippen LogP contribution is 2.30. The zero-order chi connectivity index (χ0) is 27.9. The normalized spacial score (nSPS) is 14.9. The molecule has 0 bridgehead atoms. The number of halogens is 1. The average Bonchev–Trinajstić information content (AvgIpc) is 3.20. The molecular weight excluding hydrogens is 566 g/mol. The number of nitrogens with one attached hydrogen (secondary N) is 2. The lowest BCUT2D eigenvalue weighted by Gasteiger charge is -2.34. The van der Waals surface area contributed by atoms with E-state index in [9.17, 15) is 9.59 Å². The molecule has 1 aliphatic heterocycles. The molecule has 0 radical (unpaired) electrons. The van der Waals surface area contributed by atoms with Crippen LogP contribution in [0.25, 0.3) is 0 Å². The van der Waals surface area contributed by atoms with Crippen molar-refractivity contribution in [1.29, 1.82) is 0 Å². The second kappa shape index (κ2) is 13.1. The lowest BCUT2D eigenvalue weighted by atomic mass is 9.96. The van der Waals surface area contributed by atoms with Gasteiger partial charge in [-0.3, -0.25) is 4.79 Å². The molecule has 0 unspecified atom stereocenters. The summed E-state index contributed by atoms with van der Waals surface area (Å²) in [6.07, 6.45) is 3.26. The molecule has 210 valence electrons. The minimum absolute atomic E-state index is 0.276. The van der Waals surface area contributed by atoms with Crippen LogP contribution in [0.2, 0.25) is 25.7 Å². The molecule has 1 saturated heterocycles. The molecule has 2 amide bonds. The van der Waals surface area contributed by atoms with Crippen LogP contribution in [0.15, 0.2) is 35.1 Å². The number of benzene rings is 1. The number of carbonyl (C=O) groups is 2.